The highest BCUT2D eigenvalue weighted by atomic mass is 32.2. The van der Waals surface area contributed by atoms with E-state index in [1.165, 1.54) is 15.6 Å². The summed E-state index contributed by atoms with van der Waals surface area (Å²) < 4.78 is 35.9. The Bertz CT molecular complexity index is 1090. The van der Waals surface area contributed by atoms with Gasteiger partial charge in [0.25, 0.3) is 0 Å². The summed E-state index contributed by atoms with van der Waals surface area (Å²) >= 11 is 2.34. The first kappa shape index (κ1) is 18.4. The number of aryl methyl sites for hydroxylation is 1. The van der Waals surface area contributed by atoms with Gasteiger partial charge in [-0.1, -0.05) is 6.07 Å². The van der Waals surface area contributed by atoms with Crippen LogP contribution in [0.2, 0.25) is 0 Å². The van der Waals surface area contributed by atoms with Gasteiger partial charge in [-0.15, -0.1) is 11.3 Å². The first-order valence-electron chi connectivity index (χ1n) is 8.39. The van der Waals surface area contributed by atoms with Crippen molar-refractivity contribution >= 4 is 55.2 Å². The third-order valence-electron chi connectivity index (χ3n) is 4.47. The predicted molar refractivity (Wildman–Crippen MR) is 104 cm³/mol. The molecule has 0 aliphatic carbocycles. The monoisotopic (exact) mass is 423 g/mol. The molecule has 0 saturated carbocycles. The normalized spacial score (nSPS) is 18.6. The fourth-order valence-corrected chi connectivity index (χ4v) is 6.09. The quantitative estimate of drug-likeness (QED) is 0.691. The van der Waals surface area contributed by atoms with Crippen LogP contribution < -0.4 is 5.32 Å². The van der Waals surface area contributed by atoms with E-state index in [0.717, 1.165) is 17.4 Å². The Morgan fingerprint density at radius 3 is 2.96 bits per heavy atom. The van der Waals surface area contributed by atoms with E-state index >= 15 is 0 Å². The molecule has 3 heterocycles. The molecule has 27 heavy (non-hydrogen) atoms. The van der Waals surface area contributed by atoms with E-state index in [2.05, 4.69) is 19.0 Å². The van der Waals surface area contributed by atoms with Gasteiger partial charge in [0, 0.05) is 18.5 Å². The van der Waals surface area contributed by atoms with Crippen molar-refractivity contribution in [1.82, 2.24) is 18.0 Å². The summed E-state index contributed by atoms with van der Waals surface area (Å²) in [6.07, 6.45) is 1.27. The lowest BCUT2D eigenvalue weighted by Gasteiger charge is -2.31. The topological polar surface area (TPSA) is 105 Å². The van der Waals surface area contributed by atoms with Gasteiger partial charge in [0.2, 0.25) is 15.9 Å². The second-order valence-electron chi connectivity index (χ2n) is 6.37. The molecule has 1 aromatic carbocycles. The molecule has 0 spiro atoms. The molecule has 1 atom stereocenters. The number of carbonyl (C=O) groups excluding carboxylic acids is 1. The number of aromatic nitrogens is 3. The smallest absolute Gasteiger partial charge is 0.245 e. The Hall–Kier alpha value is -1.95. The van der Waals surface area contributed by atoms with E-state index < -0.39 is 15.9 Å². The molecule has 11 heteroatoms. The first-order valence-corrected chi connectivity index (χ1v) is 11.4. The molecule has 0 radical (unpaired) electrons. The standard InChI is InChI=1S/C16H17N5O3S3/c1-10-9-25-16(17-10)18-15(22)11-4-3-7-21(8-11)27(23,24)13-6-2-5-12-14(13)20-26-19-12/h2,5-6,9,11H,3-4,7-8H2,1H3,(H,17,18,22). The number of amides is 1. The van der Waals surface area contributed by atoms with Crippen molar-refractivity contribution in [2.45, 2.75) is 24.7 Å². The zero-order chi connectivity index (χ0) is 19.0. The van der Waals surface area contributed by atoms with Crippen molar-refractivity contribution in [3.63, 3.8) is 0 Å². The van der Waals surface area contributed by atoms with E-state index in [9.17, 15) is 13.2 Å². The minimum atomic E-state index is -3.75. The Balaban J connectivity index is 1.55. The van der Waals surface area contributed by atoms with Crippen molar-refractivity contribution in [2.75, 3.05) is 18.4 Å². The summed E-state index contributed by atoms with van der Waals surface area (Å²) in [5, 5.41) is 5.19. The summed E-state index contributed by atoms with van der Waals surface area (Å²) in [6, 6.07) is 4.94. The van der Waals surface area contributed by atoms with Crippen molar-refractivity contribution in [3.8, 4) is 0 Å². The molecule has 1 aliphatic rings. The van der Waals surface area contributed by atoms with Crippen LogP contribution in [-0.4, -0.2) is 45.5 Å². The number of anilines is 1. The third kappa shape index (κ3) is 3.59. The maximum absolute atomic E-state index is 13.1. The van der Waals surface area contributed by atoms with Crippen molar-refractivity contribution in [3.05, 3.63) is 29.3 Å². The van der Waals surface area contributed by atoms with E-state index in [0.29, 0.717) is 35.6 Å². The van der Waals surface area contributed by atoms with Gasteiger partial charge in [0.15, 0.2) is 5.13 Å². The second kappa shape index (κ2) is 7.23. The van der Waals surface area contributed by atoms with E-state index in [1.807, 2.05) is 12.3 Å². The van der Waals surface area contributed by atoms with E-state index in [1.54, 1.807) is 18.2 Å². The summed E-state index contributed by atoms with van der Waals surface area (Å²) in [6.45, 7) is 2.39. The Kier molecular flexibility index (Phi) is 4.93. The van der Waals surface area contributed by atoms with Crippen molar-refractivity contribution in [2.24, 2.45) is 5.92 Å². The van der Waals surface area contributed by atoms with Crippen LogP contribution >= 0.6 is 23.1 Å². The van der Waals surface area contributed by atoms with Crippen LogP contribution in [0.15, 0.2) is 28.5 Å². The number of fused-ring (bicyclic) bond motifs is 1. The zero-order valence-corrected chi connectivity index (χ0v) is 16.9. The molecular formula is C16H17N5O3S3. The number of benzene rings is 1. The Labute approximate surface area is 164 Å². The number of piperidine rings is 1. The van der Waals surface area contributed by atoms with Crippen LogP contribution in [0.25, 0.3) is 11.0 Å². The Morgan fingerprint density at radius 2 is 2.19 bits per heavy atom. The highest BCUT2D eigenvalue weighted by molar-refractivity contribution is 7.89. The number of thiazole rings is 1. The number of hydrogen-bond acceptors (Lipinski definition) is 8. The summed E-state index contributed by atoms with van der Waals surface area (Å²) in [5.41, 5.74) is 1.78. The van der Waals surface area contributed by atoms with Gasteiger partial charge >= 0.3 is 0 Å². The number of rotatable bonds is 4. The summed E-state index contributed by atoms with van der Waals surface area (Å²) in [4.78, 5) is 16.9. The van der Waals surface area contributed by atoms with Gasteiger partial charge in [-0.3, -0.25) is 4.79 Å². The lowest BCUT2D eigenvalue weighted by Crippen LogP contribution is -2.43. The minimum Gasteiger partial charge on any atom is -0.302 e. The van der Waals surface area contributed by atoms with Gasteiger partial charge in [-0.05, 0) is 31.9 Å². The SMILES string of the molecule is Cc1csc(NC(=O)C2CCCN(S(=O)(=O)c3cccc4nsnc34)C2)n1. The molecule has 1 unspecified atom stereocenters. The number of nitrogens with zero attached hydrogens (tertiary/aromatic N) is 4. The van der Waals surface area contributed by atoms with Crippen LogP contribution in [0.1, 0.15) is 18.5 Å². The van der Waals surface area contributed by atoms with Crippen molar-refractivity contribution in [1.29, 1.82) is 0 Å². The summed E-state index contributed by atoms with van der Waals surface area (Å²) in [7, 11) is -3.75. The van der Waals surface area contributed by atoms with Gasteiger partial charge in [-0.2, -0.15) is 13.1 Å². The zero-order valence-electron chi connectivity index (χ0n) is 14.5. The average Bonchev–Trinajstić information content (AvgIpc) is 3.30. The Morgan fingerprint density at radius 1 is 1.33 bits per heavy atom. The van der Waals surface area contributed by atoms with Crippen LogP contribution in [0.3, 0.4) is 0 Å². The maximum atomic E-state index is 13.1. The number of nitrogens with one attached hydrogen (secondary N) is 1. The summed E-state index contributed by atoms with van der Waals surface area (Å²) in [5.74, 6) is -0.608. The molecule has 4 rings (SSSR count). The average molecular weight is 424 g/mol. The molecule has 1 saturated heterocycles. The molecule has 1 amide bonds. The van der Waals surface area contributed by atoms with Crippen LogP contribution in [0.5, 0.6) is 0 Å². The van der Waals surface area contributed by atoms with Crippen LogP contribution in [-0.2, 0) is 14.8 Å². The number of hydrogen-bond donors (Lipinski definition) is 1. The van der Waals surface area contributed by atoms with Gasteiger partial charge in [0.1, 0.15) is 15.9 Å². The molecule has 2 aromatic heterocycles. The van der Waals surface area contributed by atoms with Crippen LogP contribution in [0, 0.1) is 12.8 Å². The van der Waals surface area contributed by atoms with Crippen LogP contribution in [0.4, 0.5) is 5.13 Å². The molecular weight excluding hydrogens is 406 g/mol. The van der Waals surface area contributed by atoms with E-state index in [4.69, 9.17) is 0 Å². The fraction of sp³-hybridized carbons (Fsp3) is 0.375. The predicted octanol–water partition coefficient (Wildman–Crippen LogP) is 2.50. The fourth-order valence-electron chi connectivity index (χ4n) is 3.12. The molecule has 0 bridgehead atoms. The van der Waals surface area contributed by atoms with E-state index in [-0.39, 0.29) is 17.3 Å². The lowest BCUT2D eigenvalue weighted by molar-refractivity contribution is -0.120. The number of sulfonamides is 1. The lowest BCUT2D eigenvalue weighted by atomic mass is 9.99. The van der Waals surface area contributed by atoms with Crippen molar-refractivity contribution < 1.29 is 13.2 Å². The molecule has 1 aliphatic heterocycles. The first-order chi connectivity index (χ1) is 12.9. The highest BCUT2D eigenvalue weighted by Crippen LogP contribution is 2.28. The minimum absolute atomic E-state index is 0.144. The van der Waals surface area contributed by atoms with Gasteiger partial charge < -0.3 is 5.32 Å². The molecule has 8 nitrogen and oxygen atoms in total. The number of carbonyl (C=O) groups is 1. The molecule has 142 valence electrons. The molecule has 1 fully saturated rings. The second-order valence-corrected chi connectivity index (χ2v) is 9.67. The highest BCUT2D eigenvalue weighted by Gasteiger charge is 2.34. The maximum Gasteiger partial charge on any atom is 0.245 e. The van der Waals surface area contributed by atoms with Gasteiger partial charge in [-0.25, -0.2) is 13.4 Å². The molecule has 1 N–H and O–H groups in total. The largest absolute Gasteiger partial charge is 0.302 e. The third-order valence-corrected chi connectivity index (χ3v) is 7.79. The van der Waals surface area contributed by atoms with Gasteiger partial charge in [0.05, 0.1) is 23.3 Å². The molecule has 3 aromatic rings.